The molecule has 0 aliphatic rings. The summed E-state index contributed by atoms with van der Waals surface area (Å²) in [6.45, 7) is 3.93. The topological polar surface area (TPSA) is 42.0 Å². The number of aryl methyl sites for hydroxylation is 2. The molecule has 1 aromatic heterocycles. The molecule has 0 spiro atoms. The average molecular weight is 330 g/mol. The van der Waals surface area contributed by atoms with Gasteiger partial charge >= 0.3 is 0 Å². The average Bonchev–Trinajstić information content (AvgIpc) is 2.60. The van der Waals surface area contributed by atoms with Gasteiger partial charge in [-0.2, -0.15) is 0 Å². The van der Waals surface area contributed by atoms with Crippen molar-refractivity contribution in [3.05, 3.63) is 95.2 Å². The first-order valence-electron chi connectivity index (χ1n) is 8.47. The van der Waals surface area contributed by atoms with Gasteiger partial charge in [0.05, 0.1) is 0 Å². The number of nitrogens with zero attached hydrogens (tertiary/aromatic N) is 1. The van der Waals surface area contributed by atoms with Crippen LogP contribution in [-0.2, 0) is 4.79 Å². The van der Waals surface area contributed by atoms with Crippen molar-refractivity contribution < 1.29 is 4.79 Å². The molecule has 1 N–H and O–H groups in total. The van der Waals surface area contributed by atoms with Gasteiger partial charge in [-0.15, -0.1) is 0 Å². The van der Waals surface area contributed by atoms with Gasteiger partial charge in [-0.3, -0.25) is 4.79 Å². The van der Waals surface area contributed by atoms with E-state index < -0.39 is 0 Å². The van der Waals surface area contributed by atoms with Crippen molar-refractivity contribution in [2.24, 2.45) is 0 Å². The second-order valence-electron chi connectivity index (χ2n) is 6.30. The molecule has 0 bridgehead atoms. The molecular formula is C22H22N2O. The van der Waals surface area contributed by atoms with Crippen LogP contribution in [0, 0.1) is 13.8 Å². The third-order valence-corrected chi connectivity index (χ3v) is 4.16. The Bertz CT molecular complexity index is 785. The van der Waals surface area contributed by atoms with Crippen molar-refractivity contribution in [1.29, 1.82) is 0 Å². The molecule has 126 valence electrons. The van der Waals surface area contributed by atoms with E-state index in [0.29, 0.717) is 12.2 Å². The Hall–Kier alpha value is -2.94. The van der Waals surface area contributed by atoms with Gasteiger partial charge in [0.25, 0.3) is 0 Å². The van der Waals surface area contributed by atoms with Crippen molar-refractivity contribution in [1.82, 2.24) is 4.98 Å². The lowest BCUT2D eigenvalue weighted by molar-refractivity contribution is -0.116. The van der Waals surface area contributed by atoms with Crippen LogP contribution in [0.15, 0.2) is 72.8 Å². The summed E-state index contributed by atoms with van der Waals surface area (Å²) in [4.78, 5) is 17.0. The highest BCUT2D eigenvalue weighted by atomic mass is 16.1. The Balaban J connectivity index is 1.81. The Labute approximate surface area is 148 Å². The van der Waals surface area contributed by atoms with Gasteiger partial charge in [-0.25, -0.2) is 4.98 Å². The van der Waals surface area contributed by atoms with Crippen molar-refractivity contribution in [3.8, 4) is 0 Å². The molecule has 3 heteroatoms. The number of rotatable bonds is 5. The molecule has 1 amide bonds. The maximum Gasteiger partial charge on any atom is 0.226 e. The van der Waals surface area contributed by atoms with Crippen LogP contribution >= 0.6 is 0 Å². The van der Waals surface area contributed by atoms with Crippen LogP contribution in [0.25, 0.3) is 0 Å². The minimum absolute atomic E-state index is 0.0216. The fourth-order valence-electron chi connectivity index (χ4n) is 3.08. The number of carbonyl (C=O) groups excluding carboxylic acids is 1. The minimum Gasteiger partial charge on any atom is -0.311 e. The number of hydrogen-bond acceptors (Lipinski definition) is 2. The number of anilines is 1. The molecule has 2 aromatic carbocycles. The molecule has 0 atom stereocenters. The maximum atomic E-state index is 12.6. The van der Waals surface area contributed by atoms with E-state index in [1.807, 2.05) is 62.4 Å². The molecule has 0 aliphatic heterocycles. The van der Waals surface area contributed by atoms with Gasteiger partial charge in [0, 0.05) is 18.0 Å². The van der Waals surface area contributed by atoms with E-state index >= 15 is 0 Å². The van der Waals surface area contributed by atoms with Gasteiger partial charge in [0.2, 0.25) is 5.91 Å². The summed E-state index contributed by atoms with van der Waals surface area (Å²) in [5.74, 6) is 0.603. The summed E-state index contributed by atoms with van der Waals surface area (Å²) in [6, 6.07) is 24.2. The molecule has 0 saturated heterocycles. The van der Waals surface area contributed by atoms with Gasteiger partial charge in [-0.05, 0) is 42.7 Å². The lowest BCUT2D eigenvalue weighted by atomic mass is 9.88. The highest BCUT2D eigenvalue weighted by molar-refractivity contribution is 5.90. The summed E-state index contributed by atoms with van der Waals surface area (Å²) < 4.78 is 0. The van der Waals surface area contributed by atoms with E-state index in [1.54, 1.807) is 0 Å². The number of carbonyl (C=O) groups is 1. The van der Waals surface area contributed by atoms with Gasteiger partial charge < -0.3 is 5.32 Å². The molecule has 3 nitrogen and oxygen atoms in total. The predicted octanol–water partition coefficient (Wildman–Crippen LogP) is 4.86. The van der Waals surface area contributed by atoms with E-state index in [-0.39, 0.29) is 11.8 Å². The van der Waals surface area contributed by atoms with E-state index in [4.69, 9.17) is 0 Å². The number of amides is 1. The highest BCUT2D eigenvalue weighted by Gasteiger charge is 2.18. The zero-order valence-electron chi connectivity index (χ0n) is 14.6. The second kappa shape index (κ2) is 7.75. The molecule has 3 rings (SSSR count). The molecule has 1 heterocycles. The van der Waals surface area contributed by atoms with Crippen LogP contribution in [0.1, 0.15) is 34.7 Å². The fraction of sp³-hybridized carbons (Fsp3) is 0.182. The number of benzene rings is 2. The van der Waals surface area contributed by atoms with E-state index in [0.717, 1.165) is 22.4 Å². The summed E-state index contributed by atoms with van der Waals surface area (Å²) in [5.41, 5.74) is 4.26. The maximum absolute atomic E-state index is 12.6. The standard InChI is InChI=1S/C22H22N2O/c1-16-13-17(2)23-21(14-16)24-22(25)15-20(18-9-5-3-6-10-18)19-11-7-4-8-12-19/h3-14,20H,15H2,1-2H3,(H,23,24,25). The zero-order chi connectivity index (χ0) is 17.6. The normalized spacial score (nSPS) is 10.7. The molecule has 0 fully saturated rings. The first-order valence-corrected chi connectivity index (χ1v) is 8.47. The largest absolute Gasteiger partial charge is 0.311 e. The zero-order valence-corrected chi connectivity index (χ0v) is 14.6. The van der Waals surface area contributed by atoms with Crippen LogP contribution in [-0.4, -0.2) is 10.9 Å². The molecule has 0 aliphatic carbocycles. The van der Waals surface area contributed by atoms with Crippen LogP contribution < -0.4 is 5.32 Å². The smallest absolute Gasteiger partial charge is 0.226 e. The Morgan fingerprint density at radius 1 is 0.920 bits per heavy atom. The molecule has 0 saturated carbocycles. The Kier molecular flexibility index (Phi) is 5.24. The molecule has 0 radical (unpaired) electrons. The molecule has 3 aromatic rings. The summed E-state index contributed by atoms with van der Waals surface area (Å²) in [5, 5.41) is 2.94. The van der Waals surface area contributed by atoms with Crippen LogP contribution in [0.4, 0.5) is 5.82 Å². The van der Waals surface area contributed by atoms with Crippen molar-refractivity contribution in [2.75, 3.05) is 5.32 Å². The van der Waals surface area contributed by atoms with E-state index in [9.17, 15) is 4.79 Å². The first-order chi connectivity index (χ1) is 12.1. The van der Waals surface area contributed by atoms with Crippen LogP contribution in [0.3, 0.4) is 0 Å². The van der Waals surface area contributed by atoms with E-state index in [2.05, 4.69) is 34.6 Å². The predicted molar refractivity (Wildman–Crippen MR) is 102 cm³/mol. The third kappa shape index (κ3) is 4.54. The van der Waals surface area contributed by atoms with E-state index in [1.165, 1.54) is 0 Å². The number of pyridine rings is 1. The van der Waals surface area contributed by atoms with Crippen LogP contribution in [0.2, 0.25) is 0 Å². The minimum atomic E-state index is -0.0322. The summed E-state index contributed by atoms with van der Waals surface area (Å²) in [7, 11) is 0. The highest BCUT2D eigenvalue weighted by Crippen LogP contribution is 2.28. The van der Waals surface area contributed by atoms with Gasteiger partial charge in [-0.1, -0.05) is 60.7 Å². The van der Waals surface area contributed by atoms with Crippen molar-refractivity contribution >= 4 is 11.7 Å². The molecule has 0 unspecified atom stereocenters. The lowest BCUT2D eigenvalue weighted by Gasteiger charge is -2.18. The number of nitrogens with one attached hydrogen (secondary N) is 1. The summed E-state index contributed by atoms with van der Waals surface area (Å²) >= 11 is 0. The van der Waals surface area contributed by atoms with Gasteiger partial charge in [0.1, 0.15) is 5.82 Å². The lowest BCUT2D eigenvalue weighted by Crippen LogP contribution is -2.17. The van der Waals surface area contributed by atoms with Crippen molar-refractivity contribution in [3.63, 3.8) is 0 Å². The van der Waals surface area contributed by atoms with Gasteiger partial charge in [0.15, 0.2) is 0 Å². The SMILES string of the molecule is Cc1cc(C)nc(NC(=O)CC(c2ccccc2)c2ccccc2)c1. The molecular weight excluding hydrogens is 308 g/mol. The van der Waals surface area contributed by atoms with Crippen molar-refractivity contribution in [2.45, 2.75) is 26.2 Å². The quantitative estimate of drug-likeness (QED) is 0.726. The third-order valence-electron chi connectivity index (χ3n) is 4.16. The Morgan fingerprint density at radius 3 is 2.00 bits per heavy atom. The monoisotopic (exact) mass is 330 g/mol. The number of hydrogen-bond donors (Lipinski definition) is 1. The van der Waals surface area contributed by atoms with Crippen LogP contribution in [0.5, 0.6) is 0 Å². The Morgan fingerprint density at radius 2 is 1.48 bits per heavy atom. The number of aromatic nitrogens is 1. The molecule has 25 heavy (non-hydrogen) atoms. The first kappa shape index (κ1) is 16.9. The summed E-state index contributed by atoms with van der Waals surface area (Å²) in [6.07, 6.45) is 0.378. The second-order valence-corrected chi connectivity index (χ2v) is 6.30. The fourth-order valence-corrected chi connectivity index (χ4v) is 3.08.